The first-order chi connectivity index (χ1) is 11.3. The van der Waals surface area contributed by atoms with Crippen LogP contribution in [-0.4, -0.2) is 70.8 Å². The van der Waals surface area contributed by atoms with Gasteiger partial charge in [-0.25, -0.2) is 13.1 Å². The maximum Gasteiger partial charge on any atom is 0.310 e. The van der Waals surface area contributed by atoms with E-state index in [9.17, 15) is 13.2 Å². The van der Waals surface area contributed by atoms with Crippen molar-refractivity contribution >= 4 is 45.9 Å². The normalized spacial score (nSPS) is 21.0. The number of hydrogen-bond acceptors (Lipinski definition) is 5. The number of halogens is 1. The van der Waals surface area contributed by atoms with Crippen LogP contribution < -0.4 is 10.0 Å². The summed E-state index contributed by atoms with van der Waals surface area (Å²) >= 11 is 0. The van der Waals surface area contributed by atoms with Crippen LogP contribution in [0.25, 0.3) is 0 Å². The number of nitrogens with zero attached hydrogens (tertiary/aromatic N) is 2. The molecule has 1 heterocycles. The molecule has 0 spiro atoms. The second-order valence-corrected chi connectivity index (χ2v) is 7.99. The lowest BCUT2D eigenvalue weighted by Crippen LogP contribution is -2.40. The first kappa shape index (κ1) is 24.4. The van der Waals surface area contributed by atoms with Crippen molar-refractivity contribution in [1.29, 1.82) is 0 Å². The molecule has 2 unspecified atom stereocenters. The van der Waals surface area contributed by atoms with Crippen molar-refractivity contribution in [2.24, 2.45) is 16.8 Å². The lowest BCUT2D eigenvalue weighted by molar-refractivity contribution is -0.145. The summed E-state index contributed by atoms with van der Waals surface area (Å²) in [6.45, 7) is 8.58. The van der Waals surface area contributed by atoms with Gasteiger partial charge in [0.15, 0.2) is 5.96 Å². The second kappa shape index (κ2) is 11.9. The summed E-state index contributed by atoms with van der Waals surface area (Å²) in [5, 5.41) is 3.23. The number of hydrogen-bond donors (Lipinski definition) is 2. The smallest absolute Gasteiger partial charge is 0.310 e. The molecule has 2 atom stereocenters. The van der Waals surface area contributed by atoms with E-state index in [-0.39, 0.29) is 47.5 Å². The highest BCUT2D eigenvalue weighted by Crippen LogP contribution is 2.24. The molecule has 0 bridgehead atoms. The number of rotatable bonds is 8. The summed E-state index contributed by atoms with van der Waals surface area (Å²) in [5.74, 6) is 0.719. The Labute approximate surface area is 168 Å². The number of nitrogens with one attached hydrogen (secondary N) is 2. The summed E-state index contributed by atoms with van der Waals surface area (Å²) in [6.07, 6.45) is 0.623. The third-order valence-corrected chi connectivity index (χ3v) is 5.45. The molecule has 2 N–H and O–H groups in total. The predicted octanol–water partition coefficient (Wildman–Crippen LogP) is 0.640. The first-order valence-electron chi connectivity index (χ1n) is 8.43. The van der Waals surface area contributed by atoms with E-state index >= 15 is 0 Å². The van der Waals surface area contributed by atoms with Crippen LogP contribution in [0, 0.1) is 11.8 Å². The number of methoxy groups -OCH3 is 1. The third-order valence-electron chi connectivity index (χ3n) is 4.05. The van der Waals surface area contributed by atoms with Crippen LogP contribution in [0.15, 0.2) is 4.99 Å². The van der Waals surface area contributed by atoms with E-state index in [0.29, 0.717) is 26.1 Å². The molecule has 0 amide bonds. The summed E-state index contributed by atoms with van der Waals surface area (Å²) in [6, 6.07) is 0. The average molecular weight is 490 g/mol. The van der Waals surface area contributed by atoms with E-state index in [1.165, 1.54) is 7.11 Å². The Balaban J connectivity index is 0.00000576. The molecule has 0 aromatic rings. The molecule has 1 fully saturated rings. The van der Waals surface area contributed by atoms with Gasteiger partial charge in [-0.05, 0) is 26.2 Å². The fraction of sp³-hybridized carbons (Fsp3) is 0.867. The van der Waals surface area contributed by atoms with Gasteiger partial charge in [0, 0.05) is 32.7 Å². The van der Waals surface area contributed by atoms with Gasteiger partial charge in [-0.15, -0.1) is 24.0 Å². The van der Waals surface area contributed by atoms with Gasteiger partial charge >= 0.3 is 5.97 Å². The fourth-order valence-corrected chi connectivity index (χ4v) is 3.28. The van der Waals surface area contributed by atoms with Crippen LogP contribution >= 0.6 is 24.0 Å². The SMILES string of the molecule is CCNC(=NCCCNS(=O)(=O)CC)N1CC(C)C(C(=O)OC)C1.I. The molecule has 1 rings (SSSR count). The molecule has 1 aliphatic heterocycles. The van der Waals surface area contributed by atoms with Gasteiger partial charge < -0.3 is 15.0 Å². The highest BCUT2D eigenvalue weighted by molar-refractivity contribution is 14.0. The molecule has 10 heteroatoms. The molecule has 1 aliphatic rings. The lowest BCUT2D eigenvalue weighted by Gasteiger charge is -2.21. The van der Waals surface area contributed by atoms with E-state index in [2.05, 4.69) is 19.9 Å². The Kier molecular flexibility index (Phi) is 11.6. The van der Waals surface area contributed by atoms with Gasteiger partial charge in [0.2, 0.25) is 10.0 Å². The van der Waals surface area contributed by atoms with Crippen molar-refractivity contribution in [3.8, 4) is 0 Å². The molecule has 0 aromatic heterocycles. The Hall–Kier alpha value is -0.620. The monoisotopic (exact) mass is 490 g/mol. The average Bonchev–Trinajstić information content (AvgIpc) is 2.94. The first-order valence-corrected chi connectivity index (χ1v) is 10.1. The minimum Gasteiger partial charge on any atom is -0.469 e. The lowest BCUT2D eigenvalue weighted by atomic mass is 9.99. The number of carbonyl (C=O) groups excluding carboxylic acids is 1. The predicted molar refractivity (Wildman–Crippen MR) is 110 cm³/mol. The zero-order valence-corrected chi connectivity index (χ0v) is 18.6. The van der Waals surface area contributed by atoms with E-state index in [4.69, 9.17) is 4.74 Å². The summed E-state index contributed by atoms with van der Waals surface area (Å²) in [7, 11) is -1.74. The van der Waals surface area contributed by atoms with E-state index in [1.54, 1.807) is 6.92 Å². The third kappa shape index (κ3) is 8.07. The van der Waals surface area contributed by atoms with E-state index in [1.807, 2.05) is 13.8 Å². The highest BCUT2D eigenvalue weighted by atomic mass is 127. The van der Waals surface area contributed by atoms with Gasteiger partial charge in [-0.1, -0.05) is 6.92 Å². The number of likely N-dealkylation sites (tertiary alicyclic amines) is 1. The summed E-state index contributed by atoms with van der Waals surface area (Å²) in [4.78, 5) is 18.4. The van der Waals surface area contributed by atoms with Crippen molar-refractivity contribution in [2.75, 3.05) is 45.6 Å². The van der Waals surface area contributed by atoms with Crippen LogP contribution in [-0.2, 0) is 19.6 Å². The summed E-state index contributed by atoms with van der Waals surface area (Å²) in [5.41, 5.74) is 0. The Morgan fingerprint density at radius 3 is 2.56 bits per heavy atom. The molecule has 0 saturated carbocycles. The Morgan fingerprint density at radius 1 is 1.32 bits per heavy atom. The topological polar surface area (TPSA) is 100 Å². The molecule has 0 aromatic carbocycles. The number of guanidine groups is 1. The number of carbonyl (C=O) groups is 1. The molecule has 0 radical (unpaired) electrons. The Bertz CT molecular complexity index is 542. The number of ether oxygens (including phenoxy) is 1. The van der Waals surface area contributed by atoms with Crippen LogP contribution in [0.2, 0.25) is 0 Å². The molecule has 25 heavy (non-hydrogen) atoms. The second-order valence-electron chi connectivity index (χ2n) is 5.90. The molecular formula is C15H31IN4O4S. The van der Waals surface area contributed by atoms with E-state index in [0.717, 1.165) is 19.0 Å². The molecule has 148 valence electrons. The zero-order valence-electron chi connectivity index (χ0n) is 15.4. The zero-order chi connectivity index (χ0) is 18.2. The quantitative estimate of drug-likeness (QED) is 0.170. The minimum absolute atomic E-state index is 0. The Morgan fingerprint density at radius 2 is 2.00 bits per heavy atom. The molecule has 1 saturated heterocycles. The molecular weight excluding hydrogens is 459 g/mol. The van der Waals surface area contributed by atoms with Crippen LogP contribution in [0.1, 0.15) is 27.2 Å². The van der Waals surface area contributed by atoms with Crippen molar-refractivity contribution in [3.63, 3.8) is 0 Å². The van der Waals surface area contributed by atoms with Crippen LogP contribution in [0.5, 0.6) is 0 Å². The molecule has 8 nitrogen and oxygen atoms in total. The maximum absolute atomic E-state index is 11.8. The van der Waals surface area contributed by atoms with Crippen molar-refractivity contribution in [1.82, 2.24) is 14.9 Å². The van der Waals surface area contributed by atoms with Gasteiger partial charge in [-0.3, -0.25) is 9.79 Å². The number of aliphatic imine (C=N–C) groups is 1. The number of esters is 1. The molecule has 0 aliphatic carbocycles. The maximum atomic E-state index is 11.8. The van der Waals surface area contributed by atoms with Crippen molar-refractivity contribution in [3.05, 3.63) is 0 Å². The van der Waals surface area contributed by atoms with E-state index < -0.39 is 10.0 Å². The van der Waals surface area contributed by atoms with Crippen LogP contribution in [0.4, 0.5) is 0 Å². The van der Waals surface area contributed by atoms with Gasteiger partial charge in [0.1, 0.15) is 0 Å². The number of sulfonamides is 1. The van der Waals surface area contributed by atoms with Crippen molar-refractivity contribution < 1.29 is 17.9 Å². The van der Waals surface area contributed by atoms with Gasteiger partial charge in [0.25, 0.3) is 0 Å². The van der Waals surface area contributed by atoms with Gasteiger partial charge in [-0.2, -0.15) is 0 Å². The standard InChI is InChI=1S/C15H30N4O4S.HI/c1-5-16-15(17-8-7-9-18-24(21,22)6-2)19-10-12(3)13(11-19)14(20)23-4;/h12-13,18H,5-11H2,1-4H3,(H,16,17);1H. The van der Waals surface area contributed by atoms with Crippen molar-refractivity contribution in [2.45, 2.75) is 27.2 Å². The fourth-order valence-electron chi connectivity index (χ4n) is 2.62. The summed E-state index contributed by atoms with van der Waals surface area (Å²) < 4.78 is 30.1. The highest BCUT2D eigenvalue weighted by Gasteiger charge is 2.36. The minimum atomic E-state index is -3.15. The van der Waals surface area contributed by atoms with Gasteiger partial charge in [0.05, 0.1) is 18.8 Å². The van der Waals surface area contributed by atoms with Crippen LogP contribution in [0.3, 0.4) is 0 Å². The largest absolute Gasteiger partial charge is 0.469 e.